The van der Waals surface area contributed by atoms with E-state index in [4.69, 9.17) is 33.0 Å². The van der Waals surface area contributed by atoms with E-state index in [0.717, 1.165) is 11.3 Å². The van der Waals surface area contributed by atoms with Crippen molar-refractivity contribution in [2.45, 2.75) is 19.6 Å². The third-order valence-electron chi connectivity index (χ3n) is 2.77. The van der Waals surface area contributed by atoms with Crippen LogP contribution in [0.2, 0.25) is 10.0 Å². The SMILES string of the molecule is CC(Oc1cccc(Cl)c1Cl)C(=O)NCc1nc(C(=O)O)cs1. The quantitative estimate of drug-likeness (QED) is 0.809. The molecule has 6 nitrogen and oxygen atoms in total. The van der Waals surface area contributed by atoms with Crippen LogP contribution >= 0.6 is 34.5 Å². The molecule has 0 aliphatic rings. The van der Waals surface area contributed by atoms with E-state index < -0.39 is 12.1 Å². The largest absolute Gasteiger partial charge is 0.479 e. The van der Waals surface area contributed by atoms with Crippen molar-refractivity contribution in [1.82, 2.24) is 10.3 Å². The van der Waals surface area contributed by atoms with Gasteiger partial charge in [-0.2, -0.15) is 0 Å². The zero-order valence-corrected chi connectivity index (χ0v) is 14.2. The van der Waals surface area contributed by atoms with Gasteiger partial charge in [0.15, 0.2) is 11.8 Å². The second kappa shape index (κ2) is 7.63. The molecule has 2 N–H and O–H groups in total. The summed E-state index contributed by atoms with van der Waals surface area (Å²) in [6.07, 6.45) is -0.801. The smallest absolute Gasteiger partial charge is 0.355 e. The maximum Gasteiger partial charge on any atom is 0.355 e. The Morgan fingerprint density at radius 2 is 2.17 bits per heavy atom. The number of aromatic carboxylic acids is 1. The Kier molecular flexibility index (Phi) is 5.81. The van der Waals surface area contributed by atoms with E-state index in [1.54, 1.807) is 25.1 Å². The number of nitrogens with zero attached hydrogens (tertiary/aromatic N) is 1. The average Bonchev–Trinajstić information content (AvgIpc) is 2.98. The summed E-state index contributed by atoms with van der Waals surface area (Å²) < 4.78 is 5.48. The van der Waals surface area contributed by atoms with Gasteiger partial charge in [0.25, 0.3) is 5.91 Å². The molecule has 23 heavy (non-hydrogen) atoms. The molecule has 0 radical (unpaired) electrons. The molecule has 1 amide bonds. The van der Waals surface area contributed by atoms with Crippen LogP contribution in [-0.2, 0) is 11.3 Å². The zero-order valence-electron chi connectivity index (χ0n) is 11.9. The number of hydrogen-bond donors (Lipinski definition) is 2. The van der Waals surface area contributed by atoms with Crippen molar-refractivity contribution >= 4 is 46.4 Å². The lowest BCUT2D eigenvalue weighted by Gasteiger charge is -2.15. The topological polar surface area (TPSA) is 88.5 Å². The number of benzene rings is 1. The third-order valence-corrected chi connectivity index (χ3v) is 4.42. The third kappa shape index (κ3) is 4.57. The summed E-state index contributed by atoms with van der Waals surface area (Å²) in [4.78, 5) is 26.6. The van der Waals surface area contributed by atoms with Crippen molar-refractivity contribution in [3.8, 4) is 5.75 Å². The van der Waals surface area contributed by atoms with Crippen LogP contribution < -0.4 is 10.1 Å². The first kappa shape index (κ1) is 17.5. The fourth-order valence-electron chi connectivity index (χ4n) is 1.62. The van der Waals surface area contributed by atoms with E-state index in [1.165, 1.54) is 5.38 Å². The Hall–Kier alpha value is -1.83. The molecule has 1 heterocycles. The molecule has 9 heteroatoms. The molecule has 1 unspecified atom stereocenters. The van der Waals surface area contributed by atoms with Gasteiger partial charge in [-0.3, -0.25) is 4.79 Å². The van der Waals surface area contributed by atoms with E-state index in [1.807, 2.05) is 0 Å². The van der Waals surface area contributed by atoms with Crippen LogP contribution in [0.5, 0.6) is 5.75 Å². The van der Waals surface area contributed by atoms with Gasteiger partial charge in [0.05, 0.1) is 11.6 Å². The molecule has 0 aliphatic heterocycles. The predicted octanol–water partition coefficient (Wildman–Crippen LogP) is 3.23. The van der Waals surface area contributed by atoms with Crippen molar-refractivity contribution in [3.63, 3.8) is 0 Å². The highest BCUT2D eigenvalue weighted by Gasteiger charge is 2.17. The first-order valence-corrected chi connectivity index (χ1v) is 8.08. The number of carbonyl (C=O) groups is 2. The van der Waals surface area contributed by atoms with Crippen LogP contribution in [0, 0.1) is 0 Å². The van der Waals surface area contributed by atoms with Gasteiger partial charge in [-0.1, -0.05) is 29.3 Å². The molecule has 0 fully saturated rings. The van der Waals surface area contributed by atoms with E-state index in [-0.39, 0.29) is 23.2 Å². The number of hydrogen-bond acceptors (Lipinski definition) is 5. The lowest BCUT2D eigenvalue weighted by molar-refractivity contribution is -0.127. The Morgan fingerprint density at radius 3 is 2.83 bits per heavy atom. The first-order valence-electron chi connectivity index (χ1n) is 6.44. The first-order chi connectivity index (χ1) is 10.9. The summed E-state index contributed by atoms with van der Waals surface area (Å²) in [5.74, 6) is -1.18. The average molecular weight is 375 g/mol. The van der Waals surface area contributed by atoms with Gasteiger partial charge in [0, 0.05) is 5.38 Å². The van der Waals surface area contributed by atoms with Gasteiger partial charge in [-0.15, -0.1) is 11.3 Å². The van der Waals surface area contributed by atoms with E-state index in [0.29, 0.717) is 15.8 Å². The molecule has 2 rings (SSSR count). The van der Waals surface area contributed by atoms with Crippen molar-refractivity contribution in [3.05, 3.63) is 44.3 Å². The molecule has 0 saturated heterocycles. The highest BCUT2D eigenvalue weighted by Crippen LogP contribution is 2.32. The number of carbonyl (C=O) groups excluding carboxylic acids is 1. The monoisotopic (exact) mass is 374 g/mol. The highest BCUT2D eigenvalue weighted by molar-refractivity contribution is 7.09. The maximum absolute atomic E-state index is 12.0. The molecule has 1 atom stereocenters. The van der Waals surface area contributed by atoms with Crippen molar-refractivity contribution in [1.29, 1.82) is 0 Å². The highest BCUT2D eigenvalue weighted by atomic mass is 35.5. The zero-order chi connectivity index (χ0) is 17.0. The van der Waals surface area contributed by atoms with Crippen molar-refractivity contribution < 1.29 is 19.4 Å². The summed E-state index contributed by atoms with van der Waals surface area (Å²) in [6.45, 7) is 1.69. The molecule has 2 aromatic rings. The van der Waals surface area contributed by atoms with Gasteiger partial charge in [-0.25, -0.2) is 9.78 Å². The van der Waals surface area contributed by atoms with Gasteiger partial charge in [0.2, 0.25) is 0 Å². The van der Waals surface area contributed by atoms with Crippen LogP contribution in [-0.4, -0.2) is 28.1 Å². The summed E-state index contributed by atoms with van der Waals surface area (Å²) in [5, 5.41) is 13.9. The van der Waals surface area contributed by atoms with E-state index in [2.05, 4.69) is 10.3 Å². The minimum atomic E-state index is -1.11. The summed E-state index contributed by atoms with van der Waals surface area (Å²) >= 11 is 13.0. The maximum atomic E-state index is 12.0. The molecule has 0 spiro atoms. The molecular weight excluding hydrogens is 363 g/mol. The standard InChI is InChI=1S/C14H12Cl2N2O4S/c1-7(22-10-4-2-3-8(15)12(10)16)13(19)17-5-11-18-9(6-23-11)14(20)21/h2-4,6-7H,5H2,1H3,(H,17,19)(H,20,21). The Labute approximate surface area is 146 Å². The lowest BCUT2D eigenvalue weighted by Crippen LogP contribution is -2.35. The molecule has 0 aliphatic carbocycles. The van der Waals surface area contributed by atoms with Gasteiger partial charge >= 0.3 is 5.97 Å². The number of thiazole rings is 1. The molecule has 122 valence electrons. The number of halogens is 2. The van der Waals surface area contributed by atoms with E-state index >= 15 is 0 Å². The molecule has 0 saturated carbocycles. The normalized spacial score (nSPS) is 11.8. The molecule has 0 bridgehead atoms. The van der Waals surface area contributed by atoms with Crippen LogP contribution in [0.3, 0.4) is 0 Å². The van der Waals surface area contributed by atoms with Crippen molar-refractivity contribution in [2.75, 3.05) is 0 Å². The Morgan fingerprint density at radius 1 is 1.43 bits per heavy atom. The fourth-order valence-corrected chi connectivity index (χ4v) is 2.66. The minimum absolute atomic E-state index is 0.0470. The second-order valence-corrected chi connectivity index (χ2v) is 6.19. The Balaban J connectivity index is 1.92. The fraction of sp³-hybridized carbons (Fsp3) is 0.214. The number of carboxylic acids is 1. The predicted molar refractivity (Wildman–Crippen MR) is 87.5 cm³/mol. The lowest BCUT2D eigenvalue weighted by atomic mass is 10.3. The summed E-state index contributed by atoms with van der Waals surface area (Å²) in [6, 6.07) is 4.89. The number of carboxylic acid groups (broad SMARTS) is 1. The van der Waals surface area contributed by atoms with Crippen LogP contribution in [0.1, 0.15) is 22.4 Å². The summed E-state index contributed by atoms with van der Waals surface area (Å²) in [5.41, 5.74) is -0.0470. The Bertz CT molecular complexity index is 735. The number of nitrogens with one attached hydrogen (secondary N) is 1. The van der Waals surface area contributed by atoms with E-state index in [9.17, 15) is 9.59 Å². The molecule has 1 aromatic heterocycles. The number of rotatable bonds is 6. The number of aromatic nitrogens is 1. The van der Waals surface area contributed by atoms with Crippen LogP contribution in [0.15, 0.2) is 23.6 Å². The molecular formula is C14H12Cl2N2O4S. The second-order valence-electron chi connectivity index (χ2n) is 4.46. The van der Waals surface area contributed by atoms with Gasteiger partial charge in [-0.05, 0) is 19.1 Å². The van der Waals surface area contributed by atoms with Gasteiger partial charge in [0.1, 0.15) is 15.8 Å². The van der Waals surface area contributed by atoms with Gasteiger partial charge < -0.3 is 15.2 Å². The molecule has 1 aromatic carbocycles. The van der Waals surface area contributed by atoms with Crippen LogP contribution in [0.4, 0.5) is 0 Å². The summed E-state index contributed by atoms with van der Waals surface area (Å²) in [7, 11) is 0. The number of amides is 1. The number of ether oxygens (including phenoxy) is 1. The minimum Gasteiger partial charge on any atom is -0.479 e. The van der Waals surface area contributed by atoms with Crippen molar-refractivity contribution in [2.24, 2.45) is 0 Å². The van der Waals surface area contributed by atoms with Crippen LogP contribution in [0.25, 0.3) is 0 Å².